The van der Waals surface area contributed by atoms with Crippen molar-refractivity contribution in [1.29, 1.82) is 0 Å². The molecule has 1 aliphatic carbocycles. The van der Waals surface area contributed by atoms with Gasteiger partial charge >= 0.3 is 0 Å². The second-order valence-electron chi connectivity index (χ2n) is 8.78. The molecule has 1 aromatic rings. The SMILES string of the molecule is CCCCN(C)Cc1cn[nH]c1C1CCC(COCCC)(COCCC)CC1. The Labute approximate surface area is 172 Å². The number of rotatable bonds is 14. The summed E-state index contributed by atoms with van der Waals surface area (Å²) in [5.41, 5.74) is 2.93. The first-order valence-electron chi connectivity index (χ1n) is 11.5. The van der Waals surface area contributed by atoms with E-state index in [0.717, 1.165) is 52.4 Å². The molecule has 0 aliphatic heterocycles. The van der Waals surface area contributed by atoms with Crippen LogP contribution in [0.1, 0.15) is 89.3 Å². The highest BCUT2D eigenvalue weighted by molar-refractivity contribution is 5.21. The van der Waals surface area contributed by atoms with Crippen molar-refractivity contribution in [2.24, 2.45) is 5.41 Å². The first kappa shape index (κ1) is 23.4. The highest BCUT2D eigenvalue weighted by Crippen LogP contribution is 2.44. The van der Waals surface area contributed by atoms with Gasteiger partial charge in [-0.3, -0.25) is 5.10 Å². The third-order valence-electron chi connectivity index (χ3n) is 6.05. The van der Waals surface area contributed by atoms with E-state index in [1.165, 1.54) is 49.8 Å². The summed E-state index contributed by atoms with van der Waals surface area (Å²) in [4.78, 5) is 2.42. The lowest BCUT2D eigenvalue weighted by molar-refractivity contribution is -0.0447. The molecule has 1 saturated carbocycles. The number of aromatic nitrogens is 2. The van der Waals surface area contributed by atoms with Crippen molar-refractivity contribution in [1.82, 2.24) is 15.1 Å². The predicted octanol–water partition coefficient (Wildman–Crippen LogP) is 5.14. The molecular weight excluding hydrogens is 350 g/mol. The topological polar surface area (TPSA) is 50.4 Å². The maximum absolute atomic E-state index is 5.99. The van der Waals surface area contributed by atoms with Crippen molar-refractivity contribution in [2.75, 3.05) is 40.0 Å². The molecule has 0 amide bonds. The maximum Gasteiger partial charge on any atom is 0.0544 e. The Hall–Kier alpha value is -0.910. The van der Waals surface area contributed by atoms with Crippen molar-refractivity contribution in [3.05, 3.63) is 17.5 Å². The van der Waals surface area contributed by atoms with E-state index in [1.807, 2.05) is 6.20 Å². The van der Waals surface area contributed by atoms with Gasteiger partial charge in [-0.1, -0.05) is 27.2 Å². The molecule has 1 aromatic heterocycles. The summed E-state index contributed by atoms with van der Waals surface area (Å²) in [6.45, 7) is 12.1. The summed E-state index contributed by atoms with van der Waals surface area (Å²) in [5, 5.41) is 7.72. The molecule has 0 radical (unpaired) electrons. The molecule has 2 rings (SSSR count). The molecule has 0 saturated heterocycles. The van der Waals surface area contributed by atoms with Crippen LogP contribution in [-0.4, -0.2) is 55.1 Å². The molecule has 5 nitrogen and oxygen atoms in total. The smallest absolute Gasteiger partial charge is 0.0544 e. The van der Waals surface area contributed by atoms with Gasteiger partial charge in [0.2, 0.25) is 0 Å². The van der Waals surface area contributed by atoms with Crippen LogP contribution in [0, 0.1) is 5.41 Å². The minimum absolute atomic E-state index is 0.193. The van der Waals surface area contributed by atoms with Crippen LogP contribution in [0.3, 0.4) is 0 Å². The Kier molecular flexibility index (Phi) is 10.5. The Morgan fingerprint density at radius 3 is 2.29 bits per heavy atom. The van der Waals surface area contributed by atoms with E-state index >= 15 is 0 Å². The molecule has 0 bridgehead atoms. The third kappa shape index (κ3) is 7.16. The van der Waals surface area contributed by atoms with Crippen LogP contribution in [0.5, 0.6) is 0 Å². The fraction of sp³-hybridized carbons (Fsp3) is 0.870. The van der Waals surface area contributed by atoms with Crippen molar-refractivity contribution >= 4 is 0 Å². The quantitative estimate of drug-likeness (QED) is 0.445. The molecule has 0 aromatic carbocycles. The Morgan fingerprint density at radius 1 is 1.07 bits per heavy atom. The predicted molar refractivity (Wildman–Crippen MR) is 116 cm³/mol. The van der Waals surface area contributed by atoms with Crippen LogP contribution in [0.4, 0.5) is 0 Å². The molecule has 5 heteroatoms. The monoisotopic (exact) mass is 393 g/mol. The zero-order valence-corrected chi connectivity index (χ0v) is 18.8. The molecule has 28 heavy (non-hydrogen) atoms. The summed E-state index contributed by atoms with van der Waals surface area (Å²) >= 11 is 0. The normalized spacial score (nSPS) is 17.5. The third-order valence-corrected chi connectivity index (χ3v) is 6.05. The van der Waals surface area contributed by atoms with Gasteiger partial charge < -0.3 is 14.4 Å². The van der Waals surface area contributed by atoms with Crippen molar-refractivity contribution in [3.63, 3.8) is 0 Å². The van der Waals surface area contributed by atoms with Gasteiger partial charge in [0.15, 0.2) is 0 Å². The van der Waals surface area contributed by atoms with Gasteiger partial charge in [0, 0.05) is 42.3 Å². The molecule has 0 atom stereocenters. The largest absolute Gasteiger partial charge is 0.381 e. The average Bonchev–Trinajstić information content (AvgIpc) is 3.15. The standard InChI is InChI=1S/C23H43N3O2/c1-5-8-13-26(4)17-21-16-24-25-22(21)20-9-11-23(12-10-20,18-27-14-6-2)19-28-15-7-3/h16,20H,5-15,17-19H2,1-4H3,(H,24,25). The first-order valence-corrected chi connectivity index (χ1v) is 11.5. The molecule has 1 heterocycles. The molecule has 162 valence electrons. The van der Waals surface area contributed by atoms with Crippen LogP contribution in [0.25, 0.3) is 0 Å². The van der Waals surface area contributed by atoms with Crippen LogP contribution in [0.2, 0.25) is 0 Å². The minimum atomic E-state index is 0.193. The average molecular weight is 394 g/mol. The summed E-state index contributed by atoms with van der Waals surface area (Å²) in [7, 11) is 2.22. The molecule has 0 unspecified atom stereocenters. The molecule has 1 aliphatic rings. The number of ether oxygens (including phenoxy) is 2. The van der Waals surface area contributed by atoms with Gasteiger partial charge in [0.25, 0.3) is 0 Å². The fourth-order valence-electron chi connectivity index (χ4n) is 4.31. The highest BCUT2D eigenvalue weighted by Gasteiger charge is 2.37. The van der Waals surface area contributed by atoms with E-state index in [0.29, 0.717) is 5.92 Å². The van der Waals surface area contributed by atoms with E-state index in [-0.39, 0.29) is 5.41 Å². The zero-order valence-electron chi connectivity index (χ0n) is 18.8. The number of H-pyrrole nitrogens is 1. The Bertz CT molecular complexity index is 512. The lowest BCUT2D eigenvalue weighted by Gasteiger charge is -2.40. The van der Waals surface area contributed by atoms with Crippen LogP contribution < -0.4 is 0 Å². The Balaban J connectivity index is 1.94. The van der Waals surface area contributed by atoms with Gasteiger partial charge in [-0.2, -0.15) is 5.10 Å². The van der Waals surface area contributed by atoms with E-state index in [2.05, 4.69) is 42.9 Å². The van der Waals surface area contributed by atoms with Crippen LogP contribution in [0.15, 0.2) is 6.20 Å². The van der Waals surface area contributed by atoms with E-state index in [4.69, 9.17) is 9.47 Å². The maximum atomic E-state index is 5.99. The van der Waals surface area contributed by atoms with Crippen molar-refractivity contribution in [3.8, 4) is 0 Å². The molecule has 1 N–H and O–H groups in total. The number of nitrogens with zero attached hydrogens (tertiary/aromatic N) is 2. The Morgan fingerprint density at radius 2 is 1.71 bits per heavy atom. The van der Waals surface area contributed by atoms with E-state index in [9.17, 15) is 0 Å². The number of unbranched alkanes of at least 4 members (excludes halogenated alkanes) is 1. The summed E-state index contributed by atoms with van der Waals surface area (Å²) < 4.78 is 12.0. The van der Waals surface area contributed by atoms with Gasteiger partial charge in [0.1, 0.15) is 0 Å². The van der Waals surface area contributed by atoms with Crippen LogP contribution >= 0.6 is 0 Å². The van der Waals surface area contributed by atoms with Gasteiger partial charge in [-0.05, 0) is 58.5 Å². The molecular formula is C23H43N3O2. The lowest BCUT2D eigenvalue weighted by Crippen LogP contribution is -2.36. The second-order valence-corrected chi connectivity index (χ2v) is 8.78. The minimum Gasteiger partial charge on any atom is -0.381 e. The summed E-state index contributed by atoms with van der Waals surface area (Å²) in [6, 6.07) is 0. The van der Waals surface area contributed by atoms with Crippen molar-refractivity contribution < 1.29 is 9.47 Å². The van der Waals surface area contributed by atoms with Crippen molar-refractivity contribution in [2.45, 2.75) is 84.6 Å². The van der Waals surface area contributed by atoms with Crippen LogP contribution in [-0.2, 0) is 16.0 Å². The summed E-state index contributed by atoms with van der Waals surface area (Å²) in [5.74, 6) is 0.586. The van der Waals surface area contributed by atoms with Gasteiger partial charge in [0.05, 0.1) is 19.4 Å². The zero-order chi connectivity index (χ0) is 20.2. The molecule has 0 spiro atoms. The molecule has 1 fully saturated rings. The number of aromatic amines is 1. The fourth-order valence-corrected chi connectivity index (χ4v) is 4.31. The lowest BCUT2D eigenvalue weighted by atomic mass is 9.70. The van der Waals surface area contributed by atoms with E-state index in [1.54, 1.807) is 0 Å². The second kappa shape index (κ2) is 12.6. The van der Waals surface area contributed by atoms with Gasteiger partial charge in [-0.25, -0.2) is 0 Å². The number of hydrogen-bond acceptors (Lipinski definition) is 4. The van der Waals surface area contributed by atoms with Gasteiger partial charge in [-0.15, -0.1) is 0 Å². The van der Waals surface area contributed by atoms with E-state index < -0.39 is 0 Å². The first-order chi connectivity index (χ1) is 13.6. The summed E-state index contributed by atoms with van der Waals surface area (Å²) in [6.07, 6.45) is 11.4. The number of nitrogens with one attached hydrogen (secondary N) is 1. The highest BCUT2D eigenvalue weighted by atomic mass is 16.5. The number of hydrogen-bond donors (Lipinski definition) is 1.